The molecule has 1 heterocycles. The van der Waals surface area contributed by atoms with E-state index in [4.69, 9.17) is 0 Å². The van der Waals surface area contributed by atoms with Crippen LogP contribution in [0.4, 0.5) is 13.6 Å². The van der Waals surface area contributed by atoms with Gasteiger partial charge in [0.1, 0.15) is 23.2 Å². The van der Waals surface area contributed by atoms with Gasteiger partial charge in [0.25, 0.3) is 5.91 Å². The van der Waals surface area contributed by atoms with Crippen LogP contribution in [0.2, 0.25) is 0 Å². The van der Waals surface area contributed by atoms with Crippen LogP contribution in [0.1, 0.15) is 62.2 Å². The third kappa shape index (κ3) is 5.11. The van der Waals surface area contributed by atoms with Crippen LogP contribution < -0.4 is 5.32 Å². The molecule has 3 rings (SSSR count). The van der Waals surface area contributed by atoms with Crippen molar-refractivity contribution in [2.75, 3.05) is 13.1 Å². The summed E-state index contributed by atoms with van der Waals surface area (Å²) in [5, 5.41) is 12.2. The first-order valence-corrected chi connectivity index (χ1v) is 11.3. The van der Waals surface area contributed by atoms with Crippen LogP contribution >= 0.6 is 0 Å². The molecular formula is C23H30F2N3O5+. The predicted molar refractivity (Wildman–Crippen MR) is 113 cm³/mol. The number of likely N-dealkylation sites (tertiary alicyclic amines) is 1. The molecule has 1 aliphatic carbocycles. The number of benzene rings is 1. The molecule has 1 saturated heterocycles. The zero-order chi connectivity index (χ0) is 24.2. The smallest absolute Gasteiger partial charge is 0.286 e. The first kappa shape index (κ1) is 24.9. The number of hydrogen-bond acceptors (Lipinski definition) is 5. The molecule has 2 N–H and O–H groups in total. The molecule has 2 fully saturated rings. The normalized spacial score (nSPS) is 23.8. The number of nitrogens with one attached hydrogen (secondary N) is 1. The van der Waals surface area contributed by atoms with Gasteiger partial charge in [-0.15, -0.1) is 0 Å². The summed E-state index contributed by atoms with van der Waals surface area (Å²) in [5.74, 6) is -4.59. The van der Waals surface area contributed by atoms with Crippen molar-refractivity contribution in [2.24, 2.45) is 11.8 Å². The third-order valence-electron chi connectivity index (χ3n) is 7.02. The maximum absolute atomic E-state index is 14.0. The number of rotatable bonds is 7. The number of amides is 5. The number of nitrogens with zero attached hydrogens (tertiary/aromatic N) is 2. The Balaban J connectivity index is 1.89. The monoisotopic (exact) mass is 466 g/mol. The molecule has 8 nitrogen and oxygen atoms in total. The molecule has 5 amide bonds. The molecule has 1 unspecified atom stereocenters. The summed E-state index contributed by atoms with van der Waals surface area (Å²) in [6.07, 6.45) is 5.58. The van der Waals surface area contributed by atoms with Crippen LogP contribution in [0.3, 0.4) is 0 Å². The SMILES string of the molecule is C[C@@H]1CCC[N+]1(C(=O)NC(=O)c1c(F)cccc1F)C(=O)[C@H](CC1CCCC1)CN(O)C=O. The standard InChI is InChI=1S/C23H29F2N3O5/c1-15-6-5-11-28(15,23(32)26-21(30)20-18(24)9-4-10-19(20)25)22(31)17(13-27(33)14-29)12-16-7-2-3-8-16/h4,9-10,14-17,33H,2-3,5-8,11-13H2,1H3/p+1/t15-,17-,28?/m1/s1. The van der Waals surface area contributed by atoms with Crippen molar-refractivity contribution in [1.29, 1.82) is 0 Å². The van der Waals surface area contributed by atoms with Gasteiger partial charge in [-0.1, -0.05) is 31.7 Å². The molecule has 180 valence electrons. The van der Waals surface area contributed by atoms with Crippen LogP contribution in [0.25, 0.3) is 0 Å². The van der Waals surface area contributed by atoms with Gasteiger partial charge in [-0.25, -0.2) is 28.7 Å². The van der Waals surface area contributed by atoms with Crippen LogP contribution in [0.5, 0.6) is 0 Å². The number of halogens is 2. The number of carbonyl (C=O) groups excluding carboxylic acids is 4. The number of imide groups is 2. The second kappa shape index (κ2) is 10.5. The van der Waals surface area contributed by atoms with Crippen molar-refractivity contribution in [3.8, 4) is 0 Å². The number of carbonyl (C=O) groups is 4. The molecule has 1 aromatic rings. The molecule has 1 aromatic carbocycles. The van der Waals surface area contributed by atoms with Crippen LogP contribution in [0, 0.1) is 23.5 Å². The van der Waals surface area contributed by atoms with Crippen LogP contribution in [-0.2, 0) is 9.59 Å². The Morgan fingerprint density at radius 1 is 1.18 bits per heavy atom. The summed E-state index contributed by atoms with van der Waals surface area (Å²) in [6.45, 7) is 1.56. The first-order valence-electron chi connectivity index (χ1n) is 11.3. The van der Waals surface area contributed by atoms with E-state index in [1.54, 1.807) is 6.92 Å². The minimum Gasteiger partial charge on any atom is -0.286 e. The Bertz CT molecular complexity index is 901. The summed E-state index contributed by atoms with van der Waals surface area (Å²) < 4.78 is 27.4. The minimum absolute atomic E-state index is 0.118. The minimum atomic E-state index is -1.26. The van der Waals surface area contributed by atoms with E-state index in [9.17, 15) is 33.2 Å². The maximum Gasteiger partial charge on any atom is 0.431 e. The molecule has 0 bridgehead atoms. The molecular weight excluding hydrogens is 436 g/mol. The van der Waals surface area contributed by atoms with Gasteiger partial charge in [0.05, 0.1) is 19.0 Å². The highest BCUT2D eigenvalue weighted by molar-refractivity contribution is 6.04. The second-order valence-corrected chi connectivity index (χ2v) is 9.09. The van der Waals surface area contributed by atoms with Crippen molar-refractivity contribution < 1.29 is 37.6 Å². The molecule has 0 aromatic heterocycles. The fraction of sp³-hybridized carbons (Fsp3) is 0.565. The van der Waals surface area contributed by atoms with E-state index in [0.29, 0.717) is 24.3 Å². The predicted octanol–water partition coefficient (Wildman–Crippen LogP) is 3.38. The highest BCUT2D eigenvalue weighted by atomic mass is 19.1. The van der Waals surface area contributed by atoms with E-state index in [1.165, 1.54) is 0 Å². The van der Waals surface area contributed by atoms with Gasteiger partial charge < -0.3 is 0 Å². The van der Waals surface area contributed by atoms with E-state index >= 15 is 0 Å². The Labute approximate surface area is 191 Å². The summed E-state index contributed by atoms with van der Waals surface area (Å²) in [6, 6.07) is 1.48. The van der Waals surface area contributed by atoms with Gasteiger partial charge in [0, 0.05) is 12.8 Å². The zero-order valence-electron chi connectivity index (χ0n) is 18.6. The van der Waals surface area contributed by atoms with Crippen molar-refractivity contribution in [2.45, 2.75) is 57.9 Å². The van der Waals surface area contributed by atoms with Crippen molar-refractivity contribution in [3.63, 3.8) is 0 Å². The van der Waals surface area contributed by atoms with Gasteiger partial charge >= 0.3 is 11.9 Å². The Morgan fingerprint density at radius 3 is 2.36 bits per heavy atom. The van der Waals surface area contributed by atoms with Gasteiger partial charge in [-0.3, -0.25) is 14.8 Å². The van der Waals surface area contributed by atoms with Crippen LogP contribution in [0.15, 0.2) is 18.2 Å². The van der Waals surface area contributed by atoms with Gasteiger partial charge in [0.2, 0.25) is 6.41 Å². The van der Waals surface area contributed by atoms with Gasteiger partial charge in [-0.2, -0.15) is 4.48 Å². The van der Waals surface area contributed by atoms with E-state index < -0.39 is 51.5 Å². The fourth-order valence-electron chi connectivity index (χ4n) is 5.28. The van der Waals surface area contributed by atoms with E-state index in [2.05, 4.69) is 0 Å². The quantitative estimate of drug-likeness (QED) is 0.278. The molecule has 0 spiro atoms. The summed E-state index contributed by atoms with van der Waals surface area (Å²) >= 11 is 0. The summed E-state index contributed by atoms with van der Waals surface area (Å²) in [5.41, 5.74) is -0.895. The highest BCUT2D eigenvalue weighted by Gasteiger charge is 2.55. The lowest BCUT2D eigenvalue weighted by Crippen LogP contribution is -2.65. The molecule has 0 radical (unpaired) electrons. The molecule has 3 atom stereocenters. The van der Waals surface area contributed by atoms with E-state index in [-0.39, 0.29) is 25.4 Å². The zero-order valence-corrected chi connectivity index (χ0v) is 18.6. The van der Waals surface area contributed by atoms with Gasteiger partial charge in [-0.05, 0) is 31.4 Å². The third-order valence-corrected chi connectivity index (χ3v) is 7.02. The summed E-state index contributed by atoms with van der Waals surface area (Å²) in [7, 11) is 0. The number of urea groups is 1. The molecule has 2 aliphatic rings. The second-order valence-electron chi connectivity index (χ2n) is 9.09. The number of quaternary nitrogens is 1. The topological polar surface area (TPSA) is 104 Å². The van der Waals surface area contributed by atoms with Gasteiger partial charge in [0.15, 0.2) is 0 Å². The van der Waals surface area contributed by atoms with E-state index in [1.807, 2.05) is 5.32 Å². The highest BCUT2D eigenvalue weighted by Crippen LogP contribution is 2.36. The Kier molecular flexibility index (Phi) is 7.91. The maximum atomic E-state index is 14.0. The van der Waals surface area contributed by atoms with Crippen molar-refractivity contribution in [3.05, 3.63) is 35.4 Å². The molecule has 1 aliphatic heterocycles. The lowest BCUT2D eigenvalue weighted by atomic mass is 9.91. The average Bonchev–Trinajstić information content (AvgIpc) is 3.42. The molecule has 10 heteroatoms. The molecule has 33 heavy (non-hydrogen) atoms. The lowest BCUT2D eigenvalue weighted by Gasteiger charge is -2.36. The fourth-order valence-corrected chi connectivity index (χ4v) is 5.28. The van der Waals surface area contributed by atoms with Crippen LogP contribution in [-0.4, -0.2) is 58.1 Å². The molecule has 1 saturated carbocycles. The largest absolute Gasteiger partial charge is 0.431 e. The van der Waals surface area contributed by atoms with Crippen molar-refractivity contribution in [1.82, 2.24) is 10.4 Å². The lowest BCUT2D eigenvalue weighted by molar-refractivity contribution is -0.786. The Morgan fingerprint density at radius 2 is 1.82 bits per heavy atom. The number of hydrogen-bond donors (Lipinski definition) is 2. The summed E-state index contributed by atoms with van der Waals surface area (Å²) in [4.78, 5) is 50.8. The Hall–Kier alpha value is -2.72. The first-order chi connectivity index (χ1) is 15.7. The van der Waals surface area contributed by atoms with Crippen molar-refractivity contribution >= 4 is 24.3 Å². The van der Waals surface area contributed by atoms with E-state index in [0.717, 1.165) is 43.9 Å². The number of hydroxylamine groups is 2. The average molecular weight is 467 g/mol.